The summed E-state index contributed by atoms with van der Waals surface area (Å²) < 4.78 is 13.5. The largest absolute Gasteiger partial charge is 0.399 e. The van der Waals surface area contributed by atoms with Gasteiger partial charge in [0.1, 0.15) is 5.82 Å². The van der Waals surface area contributed by atoms with Crippen LogP contribution in [-0.2, 0) is 0 Å². The van der Waals surface area contributed by atoms with Crippen molar-refractivity contribution < 1.29 is 4.39 Å². The van der Waals surface area contributed by atoms with Gasteiger partial charge in [0.05, 0.1) is 5.69 Å². The first-order chi connectivity index (χ1) is 6.69. The molecule has 1 aliphatic heterocycles. The lowest BCUT2D eigenvalue weighted by Gasteiger charge is -2.42. The van der Waals surface area contributed by atoms with Crippen LogP contribution in [0.3, 0.4) is 0 Å². The maximum Gasteiger partial charge on any atom is 0.148 e. The van der Waals surface area contributed by atoms with Gasteiger partial charge in [-0.25, -0.2) is 4.39 Å². The number of anilines is 2. The molecule has 1 heterocycles. The molecule has 3 heteroatoms. The van der Waals surface area contributed by atoms with Gasteiger partial charge in [0.15, 0.2) is 0 Å². The number of hydrogen-bond acceptors (Lipinski definition) is 2. The first-order valence-electron chi connectivity index (χ1n) is 4.99. The molecule has 3 rings (SSSR count). The Morgan fingerprint density at radius 1 is 1.29 bits per heavy atom. The van der Waals surface area contributed by atoms with Crippen LogP contribution < -0.4 is 10.6 Å². The summed E-state index contributed by atoms with van der Waals surface area (Å²) in [6, 6.07) is 4.93. The maximum atomic E-state index is 13.5. The van der Waals surface area contributed by atoms with Crippen LogP contribution in [0.2, 0.25) is 0 Å². The van der Waals surface area contributed by atoms with Crippen LogP contribution in [0.15, 0.2) is 18.2 Å². The minimum absolute atomic E-state index is 0.194. The highest BCUT2D eigenvalue weighted by atomic mass is 19.1. The summed E-state index contributed by atoms with van der Waals surface area (Å²) in [5.74, 6) is -0.194. The average Bonchev–Trinajstić information content (AvgIpc) is 2.81. The lowest BCUT2D eigenvalue weighted by atomic mass is 9.96. The number of nitrogens with zero attached hydrogens (tertiary/aromatic N) is 1. The van der Waals surface area contributed by atoms with Gasteiger partial charge in [-0.3, -0.25) is 0 Å². The molecule has 1 saturated heterocycles. The lowest BCUT2D eigenvalue weighted by molar-refractivity contribution is 0.382. The van der Waals surface area contributed by atoms with E-state index in [4.69, 9.17) is 5.73 Å². The minimum Gasteiger partial charge on any atom is -0.399 e. The van der Waals surface area contributed by atoms with Gasteiger partial charge in [0.2, 0.25) is 0 Å². The number of nitrogen functional groups attached to an aromatic ring is 1. The first-order valence-corrected chi connectivity index (χ1v) is 4.99. The fraction of sp³-hybridized carbons (Fsp3) is 0.455. The third-order valence-corrected chi connectivity index (χ3v) is 3.32. The van der Waals surface area contributed by atoms with Crippen molar-refractivity contribution in [3.8, 4) is 0 Å². The predicted molar refractivity (Wildman–Crippen MR) is 54.7 cm³/mol. The number of hydrogen-bond donors (Lipinski definition) is 1. The standard InChI is InChI=1S/C11H13FN2/c12-9-5-8(13)1-2-10(9)14-6-11(7-14)3-4-11/h1-2,5H,3-4,6-7,13H2. The predicted octanol–water partition coefficient (Wildman–Crippen LogP) is 2.01. The van der Waals surface area contributed by atoms with Gasteiger partial charge in [-0.15, -0.1) is 0 Å². The second-order valence-corrected chi connectivity index (χ2v) is 4.57. The van der Waals surface area contributed by atoms with Crippen LogP contribution in [0, 0.1) is 11.2 Å². The van der Waals surface area contributed by atoms with Crippen molar-refractivity contribution >= 4 is 11.4 Å². The third-order valence-electron chi connectivity index (χ3n) is 3.32. The highest BCUT2D eigenvalue weighted by molar-refractivity contribution is 5.57. The van der Waals surface area contributed by atoms with E-state index in [0.29, 0.717) is 16.8 Å². The van der Waals surface area contributed by atoms with Crippen molar-refractivity contribution in [2.75, 3.05) is 23.7 Å². The molecule has 0 radical (unpaired) electrons. The molecule has 0 bridgehead atoms. The smallest absolute Gasteiger partial charge is 0.148 e. The third kappa shape index (κ3) is 1.08. The SMILES string of the molecule is Nc1ccc(N2CC3(CC3)C2)c(F)c1. The molecule has 0 atom stereocenters. The van der Waals surface area contributed by atoms with Gasteiger partial charge < -0.3 is 10.6 Å². The molecular weight excluding hydrogens is 179 g/mol. The van der Waals surface area contributed by atoms with Crippen LogP contribution in [0.1, 0.15) is 12.8 Å². The van der Waals surface area contributed by atoms with Gasteiger partial charge in [-0.1, -0.05) is 0 Å². The van der Waals surface area contributed by atoms with Crippen molar-refractivity contribution in [1.29, 1.82) is 0 Å². The van der Waals surface area contributed by atoms with E-state index in [1.165, 1.54) is 18.9 Å². The van der Waals surface area contributed by atoms with Gasteiger partial charge >= 0.3 is 0 Å². The van der Waals surface area contributed by atoms with E-state index in [-0.39, 0.29) is 5.82 Å². The fourth-order valence-corrected chi connectivity index (χ4v) is 2.21. The summed E-state index contributed by atoms with van der Waals surface area (Å²) >= 11 is 0. The summed E-state index contributed by atoms with van der Waals surface area (Å²) in [4.78, 5) is 2.10. The monoisotopic (exact) mass is 192 g/mol. The molecule has 1 aliphatic carbocycles. The second kappa shape index (κ2) is 2.41. The van der Waals surface area contributed by atoms with Crippen LogP contribution in [0.4, 0.5) is 15.8 Å². The summed E-state index contributed by atoms with van der Waals surface area (Å²) in [5, 5.41) is 0. The molecule has 2 N–H and O–H groups in total. The van der Waals surface area contributed by atoms with E-state index >= 15 is 0 Å². The van der Waals surface area contributed by atoms with Crippen molar-refractivity contribution in [2.45, 2.75) is 12.8 Å². The zero-order valence-corrected chi connectivity index (χ0v) is 7.96. The van der Waals surface area contributed by atoms with Crippen molar-refractivity contribution in [3.05, 3.63) is 24.0 Å². The number of rotatable bonds is 1. The van der Waals surface area contributed by atoms with Gasteiger partial charge in [0, 0.05) is 24.2 Å². The molecule has 1 spiro atoms. The van der Waals surface area contributed by atoms with E-state index in [9.17, 15) is 4.39 Å². The number of halogens is 1. The Labute approximate surface area is 82.5 Å². The molecular formula is C11H13FN2. The molecule has 0 unspecified atom stereocenters. The Kier molecular flexibility index (Phi) is 1.39. The van der Waals surface area contributed by atoms with E-state index in [1.807, 2.05) is 0 Å². The van der Waals surface area contributed by atoms with Crippen LogP contribution in [0.25, 0.3) is 0 Å². The Balaban J connectivity index is 1.83. The quantitative estimate of drug-likeness (QED) is 0.690. The Morgan fingerprint density at radius 2 is 2.00 bits per heavy atom. The number of nitrogens with two attached hydrogens (primary N) is 1. The molecule has 74 valence electrons. The van der Waals surface area contributed by atoms with E-state index in [2.05, 4.69) is 4.90 Å². The normalized spacial score (nSPS) is 22.2. The van der Waals surface area contributed by atoms with E-state index < -0.39 is 0 Å². The van der Waals surface area contributed by atoms with Crippen molar-refractivity contribution in [1.82, 2.24) is 0 Å². The van der Waals surface area contributed by atoms with Crippen molar-refractivity contribution in [2.24, 2.45) is 5.41 Å². The zero-order chi connectivity index (χ0) is 9.76. The summed E-state index contributed by atoms with van der Waals surface area (Å²) in [6.07, 6.45) is 2.64. The summed E-state index contributed by atoms with van der Waals surface area (Å²) in [7, 11) is 0. The first kappa shape index (κ1) is 8.09. The molecule has 0 amide bonds. The highest BCUT2D eigenvalue weighted by Crippen LogP contribution is 2.54. The molecule has 1 saturated carbocycles. The molecule has 14 heavy (non-hydrogen) atoms. The average molecular weight is 192 g/mol. The molecule has 2 fully saturated rings. The zero-order valence-electron chi connectivity index (χ0n) is 7.96. The molecule has 1 aromatic carbocycles. The van der Waals surface area contributed by atoms with Gasteiger partial charge in [0.25, 0.3) is 0 Å². The molecule has 2 nitrogen and oxygen atoms in total. The summed E-state index contributed by atoms with van der Waals surface area (Å²) in [5.41, 5.74) is 7.26. The van der Waals surface area contributed by atoms with Gasteiger partial charge in [-0.2, -0.15) is 0 Å². The van der Waals surface area contributed by atoms with Crippen LogP contribution >= 0.6 is 0 Å². The molecule has 2 aliphatic rings. The number of benzene rings is 1. The Hall–Kier alpha value is -1.25. The van der Waals surface area contributed by atoms with Crippen molar-refractivity contribution in [3.63, 3.8) is 0 Å². The van der Waals surface area contributed by atoms with Crippen LogP contribution in [-0.4, -0.2) is 13.1 Å². The van der Waals surface area contributed by atoms with E-state index in [0.717, 1.165) is 13.1 Å². The lowest BCUT2D eigenvalue weighted by Crippen LogP contribution is -2.48. The molecule has 0 aromatic heterocycles. The molecule has 1 aromatic rings. The second-order valence-electron chi connectivity index (χ2n) is 4.57. The maximum absolute atomic E-state index is 13.5. The Morgan fingerprint density at radius 3 is 2.57 bits per heavy atom. The van der Waals surface area contributed by atoms with E-state index in [1.54, 1.807) is 12.1 Å². The summed E-state index contributed by atoms with van der Waals surface area (Å²) in [6.45, 7) is 2.04. The topological polar surface area (TPSA) is 29.3 Å². The minimum atomic E-state index is -0.194. The Bertz CT molecular complexity index is 377. The highest BCUT2D eigenvalue weighted by Gasteiger charge is 2.52. The van der Waals surface area contributed by atoms with Gasteiger partial charge in [-0.05, 0) is 31.0 Å². The fourth-order valence-electron chi connectivity index (χ4n) is 2.21. The van der Waals surface area contributed by atoms with Crippen LogP contribution in [0.5, 0.6) is 0 Å².